The Morgan fingerprint density at radius 1 is 1.30 bits per heavy atom. The summed E-state index contributed by atoms with van der Waals surface area (Å²) in [7, 11) is 0. The van der Waals surface area contributed by atoms with E-state index < -0.39 is 5.82 Å². The van der Waals surface area contributed by atoms with Crippen LogP contribution in [0.25, 0.3) is 11.1 Å². The Morgan fingerprint density at radius 2 is 2.10 bits per heavy atom. The Bertz CT molecular complexity index is 1150. The molecule has 2 aromatic heterocycles. The topological polar surface area (TPSA) is 84.0 Å². The summed E-state index contributed by atoms with van der Waals surface area (Å²) in [4.78, 5) is 32.6. The number of rotatable bonds is 4. The van der Waals surface area contributed by atoms with E-state index in [0.717, 1.165) is 16.1 Å². The van der Waals surface area contributed by atoms with Gasteiger partial charge < -0.3 is 10.6 Å². The van der Waals surface area contributed by atoms with Crippen LogP contribution in [0.15, 0.2) is 35.8 Å². The minimum absolute atomic E-state index is 0.0574. The van der Waals surface area contributed by atoms with Crippen LogP contribution in [0.5, 0.6) is 0 Å². The number of hydrogen-bond donors (Lipinski definition) is 2. The molecule has 2 amide bonds. The van der Waals surface area contributed by atoms with Crippen LogP contribution in [0.1, 0.15) is 47.4 Å². The van der Waals surface area contributed by atoms with E-state index in [4.69, 9.17) is 0 Å². The molecule has 1 aliphatic heterocycles. The first-order valence-electron chi connectivity index (χ1n) is 9.53. The Labute approximate surface area is 177 Å². The van der Waals surface area contributed by atoms with Crippen LogP contribution in [0.2, 0.25) is 0 Å². The van der Waals surface area contributed by atoms with Gasteiger partial charge in [0.2, 0.25) is 5.91 Å². The number of carbonyl (C=O) groups is 2. The zero-order valence-electron chi connectivity index (χ0n) is 16.9. The van der Waals surface area contributed by atoms with Crippen molar-refractivity contribution >= 4 is 29.0 Å². The number of amides is 2. The van der Waals surface area contributed by atoms with Gasteiger partial charge in [0.05, 0.1) is 11.4 Å². The van der Waals surface area contributed by atoms with Crippen LogP contribution in [-0.4, -0.2) is 21.8 Å². The van der Waals surface area contributed by atoms with E-state index in [1.54, 1.807) is 29.8 Å². The van der Waals surface area contributed by atoms with Gasteiger partial charge in [0.25, 0.3) is 5.91 Å². The second-order valence-electron chi connectivity index (χ2n) is 8.19. The van der Waals surface area contributed by atoms with Crippen molar-refractivity contribution in [2.24, 2.45) is 0 Å². The zero-order valence-corrected chi connectivity index (χ0v) is 17.7. The summed E-state index contributed by atoms with van der Waals surface area (Å²) in [5.41, 5.74) is 2.78. The van der Waals surface area contributed by atoms with Crippen LogP contribution in [0, 0.1) is 5.82 Å². The molecule has 0 spiro atoms. The first-order valence-corrected chi connectivity index (χ1v) is 10.4. The number of aromatic nitrogens is 2. The Hall–Kier alpha value is -3.13. The molecule has 1 aliphatic rings. The molecule has 0 saturated heterocycles. The Morgan fingerprint density at radius 3 is 2.80 bits per heavy atom. The molecule has 0 aliphatic carbocycles. The lowest BCUT2D eigenvalue weighted by Crippen LogP contribution is -2.24. The summed E-state index contributed by atoms with van der Waals surface area (Å²) >= 11 is 1.44. The van der Waals surface area contributed by atoms with E-state index in [1.165, 1.54) is 17.4 Å². The molecular formula is C22H21FN4O2S. The molecule has 0 atom stereocenters. The summed E-state index contributed by atoms with van der Waals surface area (Å²) in [6.07, 6.45) is 1.81. The highest BCUT2D eigenvalue weighted by Gasteiger charge is 2.23. The number of thiazole rings is 1. The lowest BCUT2D eigenvalue weighted by atomic mass is 9.98. The molecule has 8 heteroatoms. The first kappa shape index (κ1) is 20.2. The number of carbonyl (C=O) groups excluding carboxylic acids is 2. The normalized spacial score (nSPS) is 13.1. The summed E-state index contributed by atoms with van der Waals surface area (Å²) in [5, 5.41) is 8.02. The highest BCUT2D eigenvalue weighted by molar-refractivity contribution is 7.10. The van der Waals surface area contributed by atoms with Gasteiger partial charge in [-0.25, -0.2) is 14.4 Å². The smallest absolute Gasteiger partial charge is 0.271 e. The zero-order chi connectivity index (χ0) is 21.5. The lowest BCUT2D eigenvalue weighted by molar-refractivity contribution is -0.115. The fraction of sp³-hybridized carbons (Fsp3) is 0.273. The Kier molecular flexibility index (Phi) is 5.11. The molecule has 154 valence electrons. The van der Waals surface area contributed by atoms with E-state index in [2.05, 4.69) is 20.6 Å². The van der Waals surface area contributed by atoms with Gasteiger partial charge in [-0.3, -0.25) is 9.59 Å². The third-order valence-corrected chi connectivity index (χ3v) is 6.10. The number of pyridine rings is 1. The van der Waals surface area contributed by atoms with Gasteiger partial charge in [-0.05, 0) is 23.3 Å². The molecule has 4 rings (SSSR count). The van der Waals surface area contributed by atoms with Crippen LogP contribution in [-0.2, 0) is 23.2 Å². The highest BCUT2D eigenvalue weighted by atomic mass is 32.1. The number of anilines is 1. The fourth-order valence-electron chi connectivity index (χ4n) is 3.23. The average molecular weight is 425 g/mol. The van der Waals surface area contributed by atoms with Crippen molar-refractivity contribution in [3.05, 3.63) is 63.5 Å². The number of hydrogen-bond acceptors (Lipinski definition) is 5. The van der Waals surface area contributed by atoms with Crippen molar-refractivity contribution < 1.29 is 14.0 Å². The Balaban J connectivity index is 1.49. The standard InChI is InChI=1S/C22H21FN4O2S/c1-22(2,3)21-26-17(11-30-21)20(29)25-10-13-5-4-12(8-16(13)23)14-6-7-24-19-15(14)9-18(28)27-19/h4-8,11H,9-10H2,1-3H3,(H,25,29)(H,24,27,28). The van der Waals surface area contributed by atoms with Crippen molar-refractivity contribution in [1.29, 1.82) is 0 Å². The number of benzene rings is 1. The van der Waals surface area contributed by atoms with Crippen molar-refractivity contribution in [1.82, 2.24) is 15.3 Å². The number of fused-ring (bicyclic) bond motifs is 1. The fourth-order valence-corrected chi connectivity index (χ4v) is 4.12. The van der Waals surface area contributed by atoms with Gasteiger partial charge in [-0.15, -0.1) is 11.3 Å². The van der Waals surface area contributed by atoms with Crippen LogP contribution in [0.4, 0.5) is 10.2 Å². The molecule has 1 aromatic carbocycles. The largest absolute Gasteiger partial charge is 0.346 e. The molecule has 6 nitrogen and oxygen atoms in total. The van der Waals surface area contributed by atoms with Crippen LogP contribution < -0.4 is 10.6 Å². The molecule has 3 heterocycles. The number of nitrogens with one attached hydrogen (secondary N) is 2. The molecule has 0 unspecified atom stereocenters. The van der Waals surface area contributed by atoms with Crippen molar-refractivity contribution in [3.63, 3.8) is 0 Å². The predicted molar refractivity (Wildman–Crippen MR) is 114 cm³/mol. The molecule has 0 radical (unpaired) electrons. The lowest BCUT2D eigenvalue weighted by Gasteiger charge is -2.13. The number of halogens is 1. The van der Waals surface area contributed by atoms with Gasteiger partial charge in [0.1, 0.15) is 17.3 Å². The summed E-state index contributed by atoms with van der Waals surface area (Å²) in [6, 6.07) is 6.61. The van der Waals surface area contributed by atoms with Gasteiger partial charge in [0, 0.05) is 34.7 Å². The summed E-state index contributed by atoms with van der Waals surface area (Å²) in [5.74, 6) is -0.361. The third-order valence-electron chi connectivity index (χ3n) is 4.83. The maximum Gasteiger partial charge on any atom is 0.271 e. The van der Waals surface area contributed by atoms with E-state index in [-0.39, 0.29) is 30.2 Å². The summed E-state index contributed by atoms with van der Waals surface area (Å²) < 4.78 is 14.7. The molecule has 30 heavy (non-hydrogen) atoms. The highest BCUT2D eigenvalue weighted by Crippen LogP contribution is 2.32. The minimum atomic E-state index is -0.427. The van der Waals surface area contributed by atoms with Crippen molar-refractivity contribution in [3.8, 4) is 11.1 Å². The molecule has 0 saturated carbocycles. The van der Waals surface area contributed by atoms with Gasteiger partial charge >= 0.3 is 0 Å². The first-order chi connectivity index (χ1) is 14.2. The number of nitrogens with zero attached hydrogens (tertiary/aromatic N) is 2. The van der Waals surface area contributed by atoms with Gasteiger partial charge in [0.15, 0.2) is 0 Å². The maximum atomic E-state index is 14.7. The molecular weight excluding hydrogens is 403 g/mol. The molecule has 0 fully saturated rings. The van der Waals surface area contributed by atoms with Crippen molar-refractivity contribution in [2.45, 2.75) is 39.2 Å². The third kappa shape index (κ3) is 3.95. The van der Waals surface area contributed by atoms with E-state index in [1.807, 2.05) is 20.8 Å². The van der Waals surface area contributed by atoms with Gasteiger partial charge in [-0.1, -0.05) is 32.9 Å². The maximum absolute atomic E-state index is 14.7. The molecule has 2 N–H and O–H groups in total. The molecule has 3 aromatic rings. The van der Waals surface area contributed by atoms with E-state index >= 15 is 0 Å². The van der Waals surface area contributed by atoms with Crippen molar-refractivity contribution in [2.75, 3.05) is 5.32 Å². The minimum Gasteiger partial charge on any atom is -0.346 e. The van der Waals surface area contributed by atoms with Gasteiger partial charge in [-0.2, -0.15) is 0 Å². The predicted octanol–water partition coefficient (Wildman–Crippen LogP) is 4.07. The summed E-state index contributed by atoms with van der Waals surface area (Å²) in [6.45, 7) is 6.17. The van der Waals surface area contributed by atoms with E-state index in [0.29, 0.717) is 22.6 Å². The van der Waals surface area contributed by atoms with Crippen LogP contribution >= 0.6 is 11.3 Å². The molecule has 0 bridgehead atoms. The second-order valence-corrected chi connectivity index (χ2v) is 9.05. The average Bonchev–Trinajstić information content (AvgIpc) is 3.32. The SMILES string of the molecule is CC(C)(C)c1nc(C(=O)NCc2ccc(-c3ccnc4c3CC(=O)N4)cc2F)cs1. The quantitative estimate of drug-likeness (QED) is 0.661. The monoisotopic (exact) mass is 424 g/mol. The second kappa shape index (κ2) is 7.60. The van der Waals surface area contributed by atoms with E-state index in [9.17, 15) is 14.0 Å². The van der Waals surface area contributed by atoms with Crippen LogP contribution in [0.3, 0.4) is 0 Å².